The van der Waals surface area contributed by atoms with E-state index in [1.54, 1.807) is 12.3 Å². The largest absolute Gasteiger partial charge is 0.357 e. The van der Waals surface area contributed by atoms with Crippen LogP contribution in [0, 0.1) is 6.92 Å². The molecule has 2 aromatic rings. The quantitative estimate of drug-likeness (QED) is 0.933. The maximum atomic E-state index is 12.3. The third-order valence-corrected chi connectivity index (χ3v) is 3.56. The number of carbonyl (C=O) groups is 1. The third-order valence-electron chi connectivity index (χ3n) is 3.56. The fraction of sp³-hybridized carbons (Fsp3) is 0.333. The van der Waals surface area contributed by atoms with E-state index in [9.17, 15) is 4.79 Å². The molecule has 2 aromatic heterocycles. The van der Waals surface area contributed by atoms with E-state index >= 15 is 0 Å². The summed E-state index contributed by atoms with van der Waals surface area (Å²) in [5.74, 6) is 1.11. The van der Waals surface area contributed by atoms with E-state index in [2.05, 4.69) is 25.2 Å². The first-order chi connectivity index (χ1) is 10.2. The van der Waals surface area contributed by atoms with Gasteiger partial charge in [-0.15, -0.1) is 0 Å². The monoisotopic (exact) mass is 283 g/mol. The number of carbonyl (C=O) groups excluding carboxylic acids is 1. The van der Waals surface area contributed by atoms with Crippen molar-refractivity contribution in [2.24, 2.45) is 0 Å². The number of nitrogens with one attached hydrogen (secondary N) is 1. The normalized spacial score (nSPS) is 14.2. The zero-order valence-corrected chi connectivity index (χ0v) is 11.9. The minimum Gasteiger partial charge on any atom is -0.357 e. The highest BCUT2D eigenvalue weighted by Crippen LogP contribution is 2.18. The number of hydrogen-bond acceptors (Lipinski definition) is 5. The molecular weight excluding hydrogens is 266 g/mol. The molecule has 1 amide bonds. The number of amides is 1. The molecule has 6 heteroatoms. The van der Waals surface area contributed by atoms with E-state index < -0.39 is 0 Å². The van der Waals surface area contributed by atoms with Gasteiger partial charge in [0.25, 0.3) is 5.91 Å². The van der Waals surface area contributed by atoms with E-state index in [-0.39, 0.29) is 5.91 Å². The number of rotatable bonds is 3. The van der Waals surface area contributed by atoms with Crippen molar-refractivity contribution in [2.45, 2.75) is 19.8 Å². The lowest BCUT2D eigenvalue weighted by atomic mass is 10.3. The second-order valence-electron chi connectivity index (χ2n) is 5.08. The Hall–Kier alpha value is -2.50. The van der Waals surface area contributed by atoms with E-state index in [0.717, 1.165) is 24.5 Å². The molecule has 0 radical (unpaired) electrons. The van der Waals surface area contributed by atoms with Gasteiger partial charge in [-0.2, -0.15) is 0 Å². The number of hydrogen-bond donors (Lipinski definition) is 1. The fourth-order valence-electron chi connectivity index (χ4n) is 2.38. The van der Waals surface area contributed by atoms with Crippen molar-refractivity contribution < 1.29 is 4.79 Å². The smallest absolute Gasteiger partial charge is 0.275 e. The Balaban J connectivity index is 1.78. The lowest BCUT2D eigenvalue weighted by Crippen LogP contribution is -2.21. The van der Waals surface area contributed by atoms with Gasteiger partial charge in [0.1, 0.15) is 23.7 Å². The summed E-state index contributed by atoms with van der Waals surface area (Å²) >= 11 is 0. The number of nitrogens with zero attached hydrogens (tertiary/aromatic N) is 4. The molecule has 0 unspecified atom stereocenters. The van der Waals surface area contributed by atoms with Crippen molar-refractivity contribution in [3.05, 3.63) is 42.0 Å². The van der Waals surface area contributed by atoms with Crippen LogP contribution in [0.2, 0.25) is 0 Å². The summed E-state index contributed by atoms with van der Waals surface area (Å²) in [5.41, 5.74) is 1.27. The van der Waals surface area contributed by atoms with Gasteiger partial charge in [-0.05, 0) is 31.4 Å². The molecule has 1 aliphatic rings. The van der Waals surface area contributed by atoms with Crippen LogP contribution in [0.1, 0.15) is 28.9 Å². The second-order valence-corrected chi connectivity index (χ2v) is 5.08. The van der Waals surface area contributed by atoms with Crippen molar-refractivity contribution >= 4 is 17.5 Å². The molecule has 0 bridgehead atoms. The van der Waals surface area contributed by atoms with Crippen LogP contribution < -0.4 is 10.2 Å². The molecule has 1 aliphatic heterocycles. The predicted octanol–water partition coefficient (Wildman–Crippen LogP) is 2.03. The van der Waals surface area contributed by atoms with Crippen LogP contribution in [0.5, 0.6) is 0 Å². The van der Waals surface area contributed by atoms with Crippen LogP contribution in [0.3, 0.4) is 0 Å². The van der Waals surface area contributed by atoms with Crippen molar-refractivity contribution in [3.8, 4) is 0 Å². The first-order valence-corrected chi connectivity index (χ1v) is 7.04. The van der Waals surface area contributed by atoms with Gasteiger partial charge < -0.3 is 10.2 Å². The Morgan fingerprint density at radius 2 is 2.05 bits per heavy atom. The summed E-state index contributed by atoms with van der Waals surface area (Å²) in [6.07, 6.45) is 5.42. The zero-order valence-electron chi connectivity index (χ0n) is 11.9. The summed E-state index contributed by atoms with van der Waals surface area (Å²) in [7, 11) is 0. The van der Waals surface area contributed by atoms with E-state index in [4.69, 9.17) is 0 Å². The Bertz CT molecular complexity index is 652. The maximum Gasteiger partial charge on any atom is 0.275 e. The summed E-state index contributed by atoms with van der Waals surface area (Å²) in [4.78, 5) is 26.9. The van der Waals surface area contributed by atoms with Crippen molar-refractivity contribution in [1.82, 2.24) is 15.0 Å². The summed E-state index contributed by atoms with van der Waals surface area (Å²) in [6.45, 7) is 3.87. The van der Waals surface area contributed by atoms with Gasteiger partial charge in [-0.3, -0.25) is 4.79 Å². The minimum absolute atomic E-state index is 0.264. The second kappa shape index (κ2) is 5.87. The molecule has 6 nitrogen and oxygen atoms in total. The van der Waals surface area contributed by atoms with E-state index in [1.807, 2.05) is 19.1 Å². The predicted molar refractivity (Wildman–Crippen MR) is 80.4 cm³/mol. The Morgan fingerprint density at radius 3 is 2.81 bits per heavy atom. The molecule has 1 fully saturated rings. The minimum atomic E-state index is -0.264. The molecule has 0 spiro atoms. The highest BCUT2D eigenvalue weighted by molar-refractivity contribution is 6.03. The summed E-state index contributed by atoms with van der Waals surface area (Å²) in [5, 5.41) is 2.79. The third kappa shape index (κ3) is 2.99. The van der Waals surface area contributed by atoms with Crippen molar-refractivity contribution in [2.75, 3.05) is 23.3 Å². The molecule has 21 heavy (non-hydrogen) atoms. The van der Waals surface area contributed by atoms with Gasteiger partial charge in [0, 0.05) is 25.4 Å². The number of anilines is 2. The fourth-order valence-corrected chi connectivity index (χ4v) is 2.38. The SMILES string of the molecule is Cc1cccnc1NC(=O)c1cc(N2CCCC2)ncn1. The average molecular weight is 283 g/mol. The van der Waals surface area contributed by atoms with E-state index in [1.165, 1.54) is 19.2 Å². The molecule has 1 N–H and O–H groups in total. The molecular formula is C15H17N5O. The van der Waals surface area contributed by atoms with Crippen LogP contribution >= 0.6 is 0 Å². The maximum absolute atomic E-state index is 12.3. The number of aryl methyl sites for hydroxylation is 1. The van der Waals surface area contributed by atoms with Crippen LogP contribution in [-0.4, -0.2) is 33.9 Å². The Kier molecular flexibility index (Phi) is 3.77. The van der Waals surface area contributed by atoms with Gasteiger partial charge in [-0.1, -0.05) is 6.07 Å². The van der Waals surface area contributed by atoms with Gasteiger partial charge >= 0.3 is 0 Å². The summed E-state index contributed by atoms with van der Waals surface area (Å²) < 4.78 is 0. The molecule has 3 rings (SSSR count). The average Bonchev–Trinajstić information content (AvgIpc) is 3.04. The molecule has 0 saturated carbocycles. The summed E-state index contributed by atoms with van der Waals surface area (Å²) in [6, 6.07) is 5.47. The van der Waals surface area contributed by atoms with Gasteiger partial charge in [0.05, 0.1) is 0 Å². The Morgan fingerprint density at radius 1 is 1.24 bits per heavy atom. The van der Waals surface area contributed by atoms with Gasteiger partial charge in [-0.25, -0.2) is 15.0 Å². The molecule has 0 aliphatic carbocycles. The molecule has 0 atom stereocenters. The van der Waals surface area contributed by atoms with Crippen LogP contribution in [0.15, 0.2) is 30.7 Å². The topological polar surface area (TPSA) is 71.0 Å². The molecule has 1 saturated heterocycles. The van der Waals surface area contributed by atoms with Crippen LogP contribution in [-0.2, 0) is 0 Å². The standard InChI is InChI=1S/C15H17N5O/c1-11-5-4-6-16-14(11)19-15(21)12-9-13(18-10-17-12)20-7-2-3-8-20/h4-6,9-10H,2-3,7-8H2,1H3,(H,16,19,21). The van der Waals surface area contributed by atoms with Gasteiger partial charge in [0.15, 0.2) is 0 Å². The highest BCUT2D eigenvalue weighted by atomic mass is 16.1. The number of pyridine rings is 1. The van der Waals surface area contributed by atoms with E-state index in [0.29, 0.717) is 11.5 Å². The lowest BCUT2D eigenvalue weighted by molar-refractivity contribution is 0.102. The lowest BCUT2D eigenvalue weighted by Gasteiger charge is -2.16. The molecule has 0 aromatic carbocycles. The van der Waals surface area contributed by atoms with Crippen molar-refractivity contribution in [3.63, 3.8) is 0 Å². The van der Waals surface area contributed by atoms with Crippen molar-refractivity contribution in [1.29, 1.82) is 0 Å². The first-order valence-electron chi connectivity index (χ1n) is 7.04. The number of aromatic nitrogens is 3. The van der Waals surface area contributed by atoms with Crippen LogP contribution in [0.4, 0.5) is 11.6 Å². The molecule has 108 valence electrons. The van der Waals surface area contributed by atoms with Gasteiger partial charge in [0.2, 0.25) is 0 Å². The zero-order chi connectivity index (χ0) is 14.7. The molecule has 3 heterocycles. The highest BCUT2D eigenvalue weighted by Gasteiger charge is 2.16. The van der Waals surface area contributed by atoms with Crippen LogP contribution in [0.25, 0.3) is 0 Å². The first kappa shape index (κ1) is 13.5. The Labute approximate surface area is 123 Å².